The van der Waals surface area contributed by atoms with E-state index < -0.39 is 0 Å². The summed E-state index contributed by atoms with van der Waals surface area (Å²) in [6, 6.07) is 0. The van der Waals surface area contributed by atoms with Crippen molar-refractivity contribution in [1.82, 2.24) is 4.90 Å². The van der Waals surface area contributed by atoms with Gasteiger partial charge in [-0.25, -0.2) is 0 Å². The highest BCUT2D eigenvalue weighted by molar-refractivity contribution is 5.37. The lowest BCUT2D eigenvalue weighted by Crippen LogP contribution is -2.31. The molecule has 0 aromatic carbocycles. The van der Waals surface area contributed by atoms with Gasteiger partial charge in [-0.1, -0.05) is 39.0 Å². The van der Waals surface area contributed by atoms with Crippen LogP contribution in [0.2, 0.25) is 0 Å². The molecule has 0 aliphatic heterocycles. The van der Waals surface area contributed by atoms with E-state index in [1.807, 2.05) is 14.0 Å². The lowest BCUT2D eigenvalue weighted by atomic mass is 10.1. The summed E-state index contributed by atoms with van der Waals surface area (Å²) in [4.78, 5) is 12.2. The summed E-state index contributed by atoms with van der Waals surface area (Å²) in [5.74, 6) is 0. The average molecular weight is 215 g/mol. The molecule has 15 heavy (non-hydrogen) atoms. The van der Waals surface area contributed by atoms with Crippen molar-refractivity contribution >= 4 is 6.47 Å². The van der Waals surface area contributed by atoms with Crippen molar-refractivity contribution in [2.24, 2.45) is 0 Å². The van der Waals surface area contributed by atoms with Crippen LogP contribution in [0.3, 0.4) is 0 Å². The monoisotopic (exact) mass is 215 g/mol. The molecule has 0 aromatic rings. The van der Waals surface area contributed by atoms with E-state index in [-0.39, 0.29) is 6.23 Å². The molecule has 90 valence electrons. The van der Waals surface area contributed by atoms with Crippen LogP contribution in [-0.2, 0) is 9.53 Å². The van der Waals surface area contributed by atoms with E-state index in [9.17, 15) is 4.79 Å². The van der Waals surface area contributed by atoms with E-state index in [0.717, 1.165) is 6.54 Å². The van der Waals surface area contributed by atoms with Gasteiger partial charge in [0.25, 0.3) is 6.47 Å². The first-order valence-electron chi connectivity index (χ1n) is 6.01. The summed E-state index contributed by atoms with van der Waals surface area (Å²) < 4.78 is 4.84. The molecule has 0 saturated carbocycles. The topological polar surface area (TPSA) is 29.5 Å². The Labute approximate surface area is 93.8 Å². The van der Waals surface area contributed by atoms with Crippen LogP contribution in [0.4, 0.5) is 0 Å². The first kappa shape index (κ1) is 14.4. The maximum atomic E-state index is 10.1. The Morgan fingerprint density at radius 3 is 2.40 bits per heavy atom. The molecule has 3 heteroatoms. The van der Waals surface area contributed by atoms with Crippen LogP contribution in [0.25, 0.3) is 0 Å². The zero-order valence-corrected chi connectivity index (χ0v) is 10.4. The van der Waals surface area contributed by atoms with Crippen molar-refractivity contribution in [1.29, 1.82) is 0 Å². The van der Waals surface area contributed by atoms with E-state index in [4.69, 9.17) is 4.74 Å². The van der Waals surface area contributed by atoms with Crippen molar-refractivity contribution in [2.45, 2.75) is 58.6 Å². The number of unbranched alkanes of at least 4 members (excludes halogenated alkanes) is 5. The van der Waals surface area contributed by atoms with Gasteiger partial charge in [-0.2, -0.15) is 0 Å². The molecule has 0 amide bonds. The molecule has 0 saturated heterocycles. The van der Waals surface area contributed by atoms with E-state index in [0.29, 0.717) is 6.47 Å². The Kier molecular flexibility index (Phi) is 9.59. The Morgan fingerprint density at radius 1 is 1.20 bits per heavy atom. The Bertz CT molecular complexity index is 151. The van der Waals surface area contributed by atoms with Crippen LogP contribution in [0, 0.1) is 0 Å². The summed E-state index contributed by atoms with van der Waals surface area (Å²) in [6.07, 6.45) is 7.68. The SMILES string of the molecule is CCCCCCCCN(C)C(C)OC=O. The second-order valence-corrected chi connectivity index (χ2v) is 4.08. The normalized spacial score (nSPS) is 12.8. The van der Waals surface area contributed by atoms with Crippen molar-refractivity contribution in [2.75, 3.05) is 13.6 Å². The van der Waals surface area contributed by atoms with Crippen LogP contribution in [0.15, 0.2) is 0 Å². The number of nitrogens with zero attached hydrogens (tertiary/aromatic N) is 1. The summed E-state index contributed by atoms with van der Waals surface area (Å²) in [7, 11) is 1.99. The quantitative estimate of drug-likeness (QED) is 0.319. The number of hydrogen-bond donors (Lipinski definition) is 0. The van der Waals surface area contributed by atoms with Crippen LogP contribution >= 0.6 is 0 Å². The first-order chi connectivity index (χ1) is 7.22. The Hall–Kier alpha value is -0.570. The third-order valence-corrected chi connectivity index (χ3v) is 2.74. The second-order valence-electron chi connectivity index (χ2n) is 4.08. The number of carbonyl (C=O) groups excluding carboxylic acids is 1. The number of rotatable bonds is 10. The summed E-state index contributed by atoms with van der Waals surface area (Å²) in [6.45, 7) is 5.64. The predicted molar refractivity (Wildman–Crippen MR) is 62.6 cm³/mol. The van der Waals surface area contributed by atoms with Gasteiger partial charge in [0.1, 0.15) is 0 Å². The molecule has 0 aliphatic carbocycles. The summed E-state index contributed by atoms with van der Waals surface area (Å²) in [5, 5.41) is 0. The zero-order valence-electron chi connectivity index (χ0n) is 10.4. The van der Waals surface area contributed by atoms with Gasteiger partial charge in [0.05, 0.1) is 0 Å². The van der Waals surface area contributed by atoms with Crippen LogP contribution in [0.5, 0.6) is 0 Å². The minimum absolute atomic E-state index is 0.0989. The fourth-order valence-corrected chi connectivity index (χ4v) is 1.51. The highest BCUT2D eigenvalue weighted by atomic mass is 16.5. The van der Waals surface area contributed by atoms with Crippen molar-refractivity contribution in [3.05, 3.63) is 0 Å². The standard InChI is InChI=1S/C12H25NO2/c1-4-5-6-7-8-9-10-13(3)12(2)15-11-14/h11-12H,4-10H2,1-3H3. The molecule has 0 heterocycles. The molecular weight excluding hydrogens is 190 g/mol. The molecule has 0 radical (unpaired) electrons. The molecule has 0 bridgehead atoms. The highest BCUT2D eigenvalue weighted by Crippen LogP contribution is 2.06. The lowest BCUT2D eigenvalue weighted by molar-refractivity contribution is -0.140. The molecule has 1 unspecified atom stereocenters. The third kappa shape index (κ3) is 8.43. The van der Waals surface area contributed by atoms with Gasteiger partial charge < -0.3 is 4.74 Å². The number of hydrogen-bond acceptors (Lipinski definition) is 3. The second kappa shape index (κ2) is 9.97. The van der Waals surface area contributed by atoms with Crippen LogP contribution < -0.4 is 0 Å². The summed E-state index contributed by atoms with van der Waals surface area (Å²) >= 11 is 0. The molecule has 0 aromatic heterocycles. The van der Waals surface area contributed by atoms with E-state index >= 15 is 0 Å². The molecule has 0 N–H and O–H groups in total. The van der Waals surface area contributed by atoms with Crippen LogP contribution in [0.1, 0.15) is 52.4 Å². The molecule has 0 rings (SSSR count). The average Bonchev–Trinajstić information content (AvgIpc) is 2.23. The van der Waals surface area contributed by atoms with Crippen LogP contribution in [-0.4, -0.2) is 31.2 Å². The maximum absolute atomic E-state index is 10.1. The smallest absolute Gasteiger partial charge is 0.294 e. The Morgan fingerprint density at radius 2 is 1.80 bits per heavy atom. The Balaban J connectivity index is 3.30. The van der Waals surface area contributed by atoms with Crippen molar-refractivity contribution in [3.8, 4) is 0 Å². The van der Waals surface area contributed by atoms with Crippen molar-refractivity contribution in [3.63, 3.8) is 0 Å². The largest absolute Gasteiger partial charge is 0.449 e. The molecular formula is C12H25NO2. The first-order valence-corrected chi connectivity index (χ1v) is 6.01. The third-order valence-electron chi connectivity index (χ3n) is 2.74. The van der Waals surface area contributed by atoms with Gasteiger partial charge >= 0.3 is 0 Å². The lowest BCUT2D eigenvalue weighted by Gasteiger charge is -2.22. The van der Waals surface area contributed by atoms with Gasteiger partial charge in [-0.15, -0.1) is 0 Å². The van der Waals surface area contributed by atoms with Gasteiger partial charge in [0.15, 0.2) is 6.23 Å². The van der Waals surface area contributed by atoms with Gasteiger partial charge in [-0.3, -0.25) is 9.69 Å². The van der Waals surface area contributed by atoms with Crippen molar-refractivity contribution < 1.29 is 9.53 Å². The number of ether oxygens (including phenoxy) is 1. The fraction of sp³-hybridized carbons (Fsp3) is 0.917. The van der Waals surface area contributed by atoms with Gasteiger partial charge in [-0.05, 0) is 20.4 Å². The minimum Gasteiger partial charge on any atom is -0.449 e. The minimum atomic E-state index is -0.0989. The van der Waals surface area contributed by atoms with Gasteiger partial charge in [0.2, 0.25) is 0 Å². The van der Waals surface area contributed by atoms with Gasteiger partial charge in [0, 0.05) is 6.54 Å². The zero-order chi connectivity index (χ0) is 11.5. The van der Waals surface area contributed by atoms with E-state index in [1.54, 1.807) is 0 Å². The molecule has 3 nitrogen and oxygen atoms in total. The van der Waals surface area contributed by atoms with E-state index in [2.05, 4.69) is 11.8 Å². The molecule has 0 spiro atoms. The maximum Gasteiger partial charge on any atom is 0.294 e. The highest BCUT2D eigenvalue weighted by Gasteiger charge is 2.07. The molecule has 0 aliphatic rings. The predicted octanol–water partition coefficient (Wildman–Crippen LogP) is 2.80. The summed E-state index contributed by atoms with van der Waals surface area (Å²) in [5.41, 5.74) is 0. The molecule has 0 fully saturated rings. The van der Waals surface area contributed by atoms with E-state index in [1.165, 1.54) is 38.5 Å². The molecule has 1 atom stereocenters. The number of carbonyl (C=O) groups is 1. The fourth-order valence-electron chi connectivity index (χ4n) is 1.51.